The molecule has 0 aliphatic rings. The van der Waals surface area contributed by atoms with Crippen LogP contribution < -0.4 is 10.5 Å². The number of rotatable bonds is 4. The summed E-state index contributed by atoms with van der Waals surface area (Å²) in [6, 6.07) is 12.4. The molecule has 142 valence electrons. The Hall–Kier alpha value is -3.32. The first-order valence-electron chi connectivity index (χ1n) is 8.54. The van der Waals surface area contributed by atoms with Crippen LogP contribution in [0.2, 0.25) is 5.02 Å². The van der Waals surface area contributed by atoms with Gasteiger partial charge in [-0.2, -0.15) is 0 Å². The van der Waals surface area contributed by atoms with Crippen LogP contribution in [0.25, 0.3) is 10.9 Å². The molecular weight excluding hydrogens is 380 g/mol. The predicted octanol–water partition coefficient (Wildman–Crippen LogP) is 3.86. The molecule has 2 heterocycles. The van der Waals surface area contributed by atoms with Crippen LogP contribution in [0.3, 0.4) is 0 Å². The van der Waals surface area contributed by atoms with Gasteiger partial charge in [0.1, 0.15) is 5.75 Å². The van der Waals surface area contributed by atoms with Gasteiger partial charge in [0.05, 0.1) is 19.0 Å². The summed E-state index contributed by atoms with van der Waals surface area (Å²) in [5.74, 6) is 0.914. The summed E-state index contributed by atoms with van der Waals surface area (Å²) >= 11 is 5.95. The summed E-state index contributed by atoms with van der Waals surface area (Å²) in [5, 5.41) is 9.09. The van der Waals surface area contributed by atoms with Gasteiger partial charge in [0.15, 0.2) is 0 Å². The van der Waals surface area contributed by atoms with Crippen molar-refractivity contribution in [3.05, 3.63) is 70.2 Å². The van der Waals surface area contributed by atoms with Crippen LogP contribution in [0.15, 0.2) is 46.9 Å². The Labute approximate surface area is 165 Å². The molecule has 0 fully saturated rings. The fourth-order valence-electron chi connectivity index (χ4n) is 3.29. The molecule has 8 heteroatoms. The number of nitrogens with zero attached hydrogens (tertiary/aromatic N) is 3. The number of fused-ring (bicyclic) bond motifs is 1. The average Bonchev–Trinajstić information content (AvgIpc) is 3.22. The van der Waals surface area contributed by atoms with Gasteiger partial charge >= 0.3 is 6.01 Å². The highest BCUT2D eigenvalue weighted by molar-refractivity contribution is 6.30. The molecule has 0 aliphatic heterocycles. The van der Waals surface area contributed by atoms with E-state index >= 15 is 0 Å². The van der Waals surface area contributed by atoms with Crippen molar-refractivity contribution in [3.63, 3.8) is 0 Å². The molecule has 2 aromatic heterocycles. The van der Waals surface area contributed by atoms with Crippen LogP contribution in [0.1, 0.15) is 27.5 Å². The number of nitrogens with two attached hydrogens (primary N) is 1. The number of carbonyl (C=O) groups excluding carboxylic acids is 1. The van der Waals surface area contributed by atoms with Crippen LogP contribution in [0.4, 0.5) is 6.01 Å². The third-order valence-corrected chi connectivity index (χ3v) is 4.90. The monoisotopic (exact) mass is 396 g/mol. The minimum Gasteiger partial charge on any atom is -0.497 e. The van der Waals surface area contributed by atoms with Gasteiger partial charge in [0, 0.05) is 21.7 Å². The maximum absolute atomic E-state index is 13.2. The Balaban J connectivity index is 1.89. The number of carbonyl (C=O) groups is 1. The van der Waals surface area contributed by atoms with E-state index in [2.05, 4.69) is 10.2 Å². The molecule has 28 heavy (non-hydrogen) atoms. The fourth-order valence-corrected chi connectivity index (χ4v) is 3.41. The van der Waals surface area contributed by atoms with E-state index < -0.39 is 0 Å². The zero-order valence-electron chi connectivity index (χ0n) is 15.3. The highest BCUT2D eigenvalue weighted by Crippen LogP contribution is 2.31. The van der Waals surface area contributed by atoms with E-state index in [4.69, 9.17) is 26.5 Å². The number of methoxy groups -OCH3 is 1. The van der Waals surface area contributed by atoms with Gasteiger partial charge in [-0.15, -0.1) is 5.10 Å². The van der Waals surface area contributed by atoms with Crippen molar-refractivity contribution in [1.29, 1.82) is 0 Å². The largest absolute Gasteiger partial charge is 0.497 e. The van der Waals surface area contributed by atoms with Crippen molar-refractivity contribution in [3.8, 4) is 5.75 Å². The van der Waals surface area contributed by atoms with Gasteiger partial charge in [-0.25, -0.2) is 0 Å². The number of hydrogen-bond donors (Lipinski definition) is 1. The van der Waals surface area contributed by atoms with Crippen molar-refractivity contribution in [2.24, 2.45) is 0 Å². The molecule has 0 aliphatic carbocycles. The molecule has 0 radical (unpaired) electrons. The maximum Gasteiger partial charge on any atom is 0.312 e. The molecule has 7 nitrogen and oxygen atoms in total. The van der Waals surface area contributed by atoms with E-state index in [1.54, 1.807) is 35.9 Å². The first-order chi connectivity index (χ1) is 13.5. The lowest BCUT2D eigenvalue weighted by Gasteiger charge is -2.08. The first kappa shape index (κ1) is 18.1. The van der Waals surface area contributed by atoms with E-state index in [1.807, 2.05) is 25.1 Å². The number of anilines is 1. The van der Waals surface area contributed by atoms with E-state index in [0.717, 1.165) is 22.2 Å². The minimum atomic E-state index is -0.152. The summed E-state index contributed by atoms with van der Waals surface area (Å²) in [6.45, 7) is 1.88. The summed E-state index contributed by atoms with van der Waals surface area (Å²) in [5.41, 5.74) is 8.51. The third-order valence-electron chi connectivity index (χ3n) is 4.65. The number of nitrogen functional groups attached to an aromatic ring is 1. The summed E-state index contributed by atoms with van der Waals surface area (Å²) < 4.78 is 12.4. The lowest BCUT2D eigenvalue weighted by atomic mass is 10.1. The van der Waals surface area contributed by atoms with Crippen LogP contribution >= 0.6 is 11.6 Å². The minimum absolute atomic E-state index is 0.00575. The summed E-state index contributed by atoms with van der Waals surface area (Å²) in [4.78, 5) is 13.2. The molecule has 4 rings (SSSR count). The quantitative estimate of drug-likeness (QED) is 0.562. The van der Waals surface area contributed by atoms with Gasteiger partial charge in [0.2, 0.25) is 5.89 Å². The van der Waals surface area contributed by atoms with Gasteiger partial charge in [0.25, 0.3) is 5.91 Å². The zero-order chi connectivity index (χ0) is 19.8. The molecule has 0 saturated carbocycles. The Morgan fingerprint density at radius 2 is 1.96 bits per heavy atom. The zero-order valence-corrected chi connectivity index (χ0v) is 16.0. The topological polar surface area (TPSA) is 96.2 Å². The normalized spacial score (nSPS) is 11.1. The third kappa shape index (κ3) is 3.10. The second-order valence-corrected chi connectivity index (χ2v) is 6.74. The molecule has 2 N–H and O–H groups in total. The number of halogens is 1. The molecule has 0 unspecified atom stereocenters. The molecule has 0 saturated heterocycles. The Morgan fingerprint density at radius 1 is 1.21 bits per heavy atom. The van der Waals surface area contributed by atoms with Gasteiger partial charge in [-0.3, -0.25) is 9.36 Å². The number of benzene rings is 2. The van der Waals surface area contributed by atoms with Crippen molar-refractivity contribution >= 4 is 34.4 Å². The molecule has 4 aromatic rings. The second-order valence-electron chi connectivity index (χ2n) is 6.31. The van der Waals surface area contributed by atoms with Crippen molar-refractivity contribution in [2.75, 3.05) is 12.8 Å². The van der Waals surface area contributed by atoms with Crippen molar-refractivity contribution < 1.29 is 13.9 Å². The van der Waals surface area contributed by atoms with Gasteiger partial charge < -0.3 is 14.9 Å². The smallest absolute Gasteiger partial charge is 0.312 e. The molecular formula is C20H17ClN4O3. The maximum atomic E-state index is 13.2. The molecule has 2 aromatic carbocycles. The van der Waals surface area contributed by atoms with Gasteiger partial charge in [-0.05, 0) is 55.0 Å². The highest BCUT2D eigenvalue weighted by atomic mass is 35.5. The first-order valence-corrected chi connectivity index (χ1v) is 8.91. The van der Waals surface area contributed by atoms with E-state index in [1.165, 1.54) is 0 Å². The fraction of sp³-hybridized carbons (Fsp3) is 0.150. The predicted molar refractivity (Wildman–Crippen MR) is 106 cm³/mol. The Morgan fingerprint density at radius 3 is 2.61 bits per heavy atom. The lowest BCUT2D eigenvalue weighted by Crippen LogP contribution is -2.13. The van der Waals surface area contributed by atoms with Gasteiger partial charge in [-0.1, -0.05) is 16.7 Å². The SMILES string of the molecule is COc1ccc2c(c1)c(Cc1nnc(N)o1)c(C)n2C(=O)c1ccc(Cl)cc1. The number of aromatic nitrogens is 3. The van der Waals surface area contributed by atoms with Crippen LogP contribution in [0.5, 0.6) is 5.75 Å². The standard InChI is InChI=1S/C20H17ClN4O3/c1-11-15(10-18-23-24-20(22)28-18)16-9-14(27-2)7-8-17(16)25(11)19(26)12-3-5-13(21)6-4-12/h3-9H,10H2,1-2H3,(H2,22,24). The molecule has 0 amide bonds. The Kier molecular flexibility index (Phi) is 4.52. The Bertz CT molecular complexity index is 1180. The lowest BCUT2D eigenvalue weighted by molar-refractivity contribution is 0.0963. The van der Waals surface area contributed by atoms with Crippen LogP contribution in [-0.2, 0) is 6.42 Å². The molecule has 0 spiro atoms. The molecule has 0 atom stereocenters. The highest BCUT2D eigenvalue weighted by Gasteiger charge is 2.22. The average molecular weight is 397 g/mol. The van der Waals surface area contributed by atoms with Crippen LogP contribution in [-0.4, -0.2) is 27.8 Å². The van der Waals surface area contributed by atoms with E-state index in [-0.39, 0.29) is 11.9 Å². The molecule has 0 bridgehead atoms. The van der Waals surface area contributed by atoms with Crippen molar-refractivity contribution in [2.45, 2.75) is 13.3 Å². The van der Waals surface area contributed by atoms with Crippen LogP contribution in [0, 0.1) is 6.92 Å². The van der Waals surface area contributed by atoms with Crippen molar-refractivity contribution in [1.82, 2.24) is 14.8 Å². The van der Waals surface area contributed by atoms with E-state index in [9.17, 15) is 4.79 Å². The second kappa shape index (κ2) is 7.01. The number of hydrogen-bond acceptors (Lipinski definition) is 6. The number of ether oxygens (including phenoxy) is 1. The summed E-state index contributed by atoms with van der Waals surface area (Å²) in [7, 11) is 1.60. The summed E-state index contributed by atoms with van der Waals surface area (Å²) in [6.07, 6.45) is 0.348. The van der Waals surface area contributed by atoms with E-state index in [0.29, 0.717) is 28.6 Å².